The van der Waals surface area contributed by atoms with E-state index < -0.39 is 11.7 Å². The smallest absolute Gasteiger partial charge is 0.119 e. The fourth-order valence-corrected chi connectivity index (χ4v) is 3.31. The van der Waals surface area contributed by atoms with Gasteiger partial charge in [-0.05, 0) is 80.8 Å². The summed E-state index contributed by atoms with van der Waals surface area (Å²) in [5, 5.41) is 25.8. The van der Waals surface area contributed by atoms with Crippen molar-refractivity contribution in [3.63, 3.8) is 0 Å². The van der Waals surface area contributed by atoms with Crippen LogP contribution in [-0.4, -0.2) is 40.3 Å². The standard InChI is InChI=1S/C24H30N2O4/c1-5-19(27)14-15-24(2,28)23-16-22(17-6-10-20(29-3)11-7-17)26(25-23)18-8-12-21(30-4)13-9-18/h6-13,16,19,27-28H,5,14-15H2,1-4H3. The Morgan fingerprint density at radius 2 is 1.57 bits per heavy atom. The second kappa shape index (κ2) is 9.32. The maximum atomic E-state index is 11.1. The van der Waals surface area contributed by atoms with Crippen LogP contribution in [0.3, 0.4) is 0 Å². The lowest BCUT2D eigenvalue weighted by atomic mass is 9.93. The Morgan fingerprint density at radius 1 is 1.00 bits per heavy atom. The van der Waals surface area contributed by atoms with Crippen LogP contribution in [0.15, 0.2) is 54.6 Å². The molecule has 3 rings (SSSR count). The van der Waals surface area contributed by atoms with Gasteiger partial charge in [0.05, 0.1) is 37.4 Å². The molecule has 0 aliphatic rings. The fraction of sp³-hybridized carbons (Fsp3) is 0.375. The van der Waals surface area contributed by atoms with Crippen molar-refractivity contribution in [2.45, 2.75) is 44.8 Å². The molecule has 6 nitrogen and oxygen atoms in total. The Bertz CT molecular complexity index is 881. The van der Waals surface area contributed by atoms with Gasteiger partial charge in [0.1, 0.15) is 17.1 Å². The van der Waals surface area contributed by atoms with E-state index in [1.54, 1.807) is 21.1 Å². The molecule has 160 valence electrons. The summed E-state index contributed by atoms with van der Waals surface area (Å²) in [5.41, 5.74) is 2.07. The Balaban J connectivity index is 2.03. The molecule has 1 heterocycles. The number of aromatic nitrogens is 2. The van der Waals surface area contributed by atoms with E-state index in [9.17, 15) is 10.2 Å². The molecule has 2 aromatic carbocycles. The number of hydrogen-bond donors (Lipinski definition) is 2. The summed E-state index contributed by atoms with van der Waals surface area (Å²) in [6.45, 7) is 3.67. The zero-order valence-corrected chi connectivity index (χ0v) is 18.0. The first-order valence-electron chi connectivity index (χ1n) is 10.2. The average Bonchev–Trinajstić information content (AvgIpc) is 3.24. The van der Waals surface area contributed by atoms with Crippen LogP contribution in [-0.2, 0) is 5.60 Å². The number of methoxy groups -OCH3 is 2. The fourth-order valence-electron chi connectivity index (χ4n) is 3.31. The molecule has 2 N–H and O–H groups in total. The first-order chi connectivity index (χ1) is 14.4. The van der Waals surface area contributed by atoms with Gasteiger partial charge in [0.25, 0.3) is 0 Å². The van der Waals surface area contributed by atoms with Gasteiger partial charge >= 0.3 is 0 Å². The van der Waals surface area contributed by atoms with E-state index in [0.717, 1.165) is 28.4 Å². The minimum absolute atomic E-state index is 0.420. The second-order valence-corrected chi connectivity index (χ2v) is 7.63. The van der Waals surface area contributed by atoms with Gasteiger partial charge < -0.3 is 19.7 Å². The summed E-state index contributed by atoms with van der Waals surface area (Å²) in [7, 11) is 3.27. The molecule has 0 fully saturated rings. The summed E-state index contributed by atoms with van der Waals surface area (Å²) in [4.78, 5) is 0. The van der Waals surface area contributed by atoms with Crippen molar-refractivity contribution in [3.8, 4) is 28.4 Å². The minimum Gasteiger partial charge on any atom is -0.497 e. The van der Waals surface area contributed by atoms with E-state index in [2.05, 4.69) is 0 Å². The quantitative estimate of drug-likeness (QED) is 0.550. The summed E-state index contributed by atoms with van der Waals surface area (Å²) < 4.78 is 12.4. The van der Waals surface area contributed by atoms with Crippen LogP contribution in [0.25, 0.3) is 16.9 Å². The van der Waals surface area contributed by atoms with Gasteiger partial charge in [0, 0.05) is 5.56 Å². The monoisotopic (exact) mass is 410 g/mol. The highest BCUT2D eigenvalue weighted by Crippen LogP contribution is 2.32. The average molecular weight is 411 g/mol. The summed E-state index contributed by atoms with van der Waals surface area (Å²) in [6.07, 6.45) is 1.16. The highest BCUT2D eigenvalue weighted by atomic mass is 16.5. The first kappa shape index (κ1) is 21.9. The highest BCUT2D eigenvalue weighted by Gasteiger charge is 2.28. The molecule has 2 unspecified atom stereocenters. The van der Waals surface area contributed by atoms with Crippen molar-refractivity contribution in [1.82, 2.24) is 9.78 Å². The zero-order valence-electron chi connectivity index (χ0n) is 18.0. The lowest BCUT2D eigenvalue weighted by Gasteiger charge is -2.22. The molecular weight excluding hydrogens is 380 g/mol. The highest BCUT2D eigenvalue weighted by molar-refractivity contribution is 5.64. The predicted octanol–water partition coefficient (Wildman–Crippen LogP) is 4.32. The molecule has 0 bridgehead atoms. The molecule has 3 aromatic rings. The van der Waals surface area contributed by atoms with E-state index in [0.29, 0.717) is 25.0 Å². The molecule has 1 aromatic heterocycles. The van der Waals surface area contributed by atoms with Gasteiger partial charge in [-0.3, -0.25) is 0 Å². The van der Waals surface area contributed by atoms with Gasteiger partial charge in [0.2, 0.25) is 0 Å². The lowest BCUT2D eigenvalue weighted by molar-refractivity contribution is 0.0242. The van der Waals surface area contributed by atoms with Crippen molar-refractivity contribution < 1.29 is 19.7 Å². The Morgan fingerprint density at radius 3 is 2.10 bits per heavy atom. The van der Waals surface area contributed by atoms with Crippen molar-refractivity contribution >= 4 is 0 Å². The van der Waals surface area contributed by atoms with Crippen LogP contribution in [0.4, 0.5) is 0 Å². The molecule has 0 aliphatic carbocycles. The SMILES string of the molecule is CCC(O)CCC(C)(O)c1cc(-c2ccc(OC)cc2)n(-c2ccc(OC)cc2)n1. The lowest BCUT2D eigenvalue weighted by Crippen LogP contribution is -2.24. The number of benzene rings is 2. The van der Waals surface area contributed by atoms with Crippen molar-refractivity contribution in [2.75, 3.05) is 14.2 Å². The molecule has 0 radical (unpaired) electrons. The second-order valence-electron chi connectivity index (χ2n) is 7.63. The summed E-state index contributed by atoms with van der Waals surface area (Å²) in [5.74, 6) is 1.53. The maximum Gasteiger partial charge on any atom is 0.119 e. The number of ether oxygens (including phenoxy) is 2. The van der Waals surface area contributed by atoms with Crippen LogP contribution in [0.2, 0.25) is 0 Å². The van der Waals surface area contributed by atoms with Gasteiger partial charge in [-0.25, -0.2) is 4.68 Å². The molecule has 2 atom stereocenters. The Kier molecular flexibility index (Phi) is 6.80. The number of rotatable bonds is 9. The van der Waals surface area contributed by atoms with E-state index in [1.165, 1.54) is 0 Å². The van der Waals surface area contributed by atoms with E-state index in [4.69, 9.17) is 14.6 Å². The van der Waals surface area contributed by atoms with Crippen molar-refractivity contribution in [2.24, 2.45) is 0 Å². The van der Waals surface area contributed by atoms with E-state index in [-0.39, 0.29) is 0 Å². The third-order valence-electron chi connectivity index (χ3n) is 5.40. The van der Waals surface area contributed by atoms with Gasteiger partial charge in [-0.1, -0.05) is 6.92 Å². The van der Waals surface area contributed by atoms with Crippen LogP contribution >= 0.6 is 0 Å². The first-order valence-corrected chi connectivity index (χ1v) is 10.2. The molecule has 0 saturated carbocycles. The number of aliphatic hydroxyl groups excluding tert-OH is 1. The number of aliphatic hydroxyl groups is 2. The van der Waals surface area contributed by atoms with Crippen molar-refractivity contribution in [1.29, 1.82) is 0 Å². The van der Waals surface area contributed by atoms with E-state index >= 15 is 0 Å². The van der Waals surface area contributed by atoms with Gasteiger partial charge in [-0.15, -0.1) is 0 Å². The van der Waals surface area contributed by atoms with Crippen LogP contribution in [0.1, 0.15) is 38.8 Å². The summed E-state index contributed by atoms with van der Waals surface area (Å²) >= 11 is 0. The number of nitrogens with zero attached hydrogens (tertiary/aromatic N) is 2. The predicted molar refractivity (Wildman–Crippen MR) is 117 cm³/mol. The molecule has 0 aliphatic heterocycles. The van der Waals surface area contributed by atoms with Gasteiger partial charge in [0.15, 0.2) is 0 Å². The van der Waals surface area contributed by atoms with Gasteiger partial charge in [-0.2, -0.15) is 5.10 Å². The van der Waals surface area contributed by atoms with E-state index in [1.807, 2.05) is 66.2 Å². The molecule has 6 heteroatoms. The molecule has 30 heavy (non-hydrogen) atoms. The van der Waals surface area contributed by atoms with Crippen LogP contribution in [0.5, 0.6) is 11.5 Å². The third kappa shape index (κ3) is 4.83. The maximum absolute atomic E-state index is 11.1. The molecule has 0 amide bonds. The normalized spacial score (nSPS) is 14.2. The third-order valence-corrected chi connectivity index (χ3v) is 5.40. The van der Waals surface area contributed by atoms with Crippen LogP contribution in [0, 0.1) is 0 Å². The zero-order chi connectivity index (χ0) is 21.7. The molecular formula is C24H30N2O4. The molecule has 0 saturated heterocycles. The van der Waals surface area contributed by atoms with Crippen molar-refractivity contribution in [3.05, 3.63) is 60.3 Å². The minimum atomic E-state index is -1.16. The largest absolute Gasteiger partial charge is 0.497 e. The Labute approximate surface area is 177 Å². The molecule has 0 spiro atoms. The Hall–Kier alpha value is -2.83. The summed E-state index contributed by atoms with van der Waals surface area (Å²) in [6, 6.07) is 17.3. The van der Waals surface area contributed by atoms with Crippen LogP contribution < -0.4 is 9.47 Å². The number of hydrogen-bond acceptors (Lipinski definition) is 5. The topological polar surface area (TPSA) is 76.7 Å².